The Balaban J connectivity index is 1.60. The molecule has 0 aromatic carbocycles. The minimum Gasteiger partial charge on any atom is -0.359 e. The first-order valence-electron chi connectivity index (χ1n) is 6.04. The Morgan fingerprint density at radius 1 is 1.27 bits per heavy atom. The van der Waals surface area contributed by atoms with E-state index in [0.717, 1.165) is 29.4 Å². The minimum atomic E-state index is 0.381. The van der Waals surface area contributed by atoms with Gasteiger partial charge in [0.2, 0.25) is 0 Å². The van der Waals surface area contributed by atoms with E-state index < -0.39 is 0 Å². The second-order valence-corrected chi connectivity index (χ2v) is 5.46. The molecule has 2 nitrogen and oxygen atoms in total. The second kappa shape index (κ2) is 2.55. The zero-order valence-electron chi connectivity index (χ0n) is 8.65. The van der Waals surface area contributed by atoms with E-state index in [1.807, 2.05) is 18.3 Å². The number of ketones is 1. The molecule has 0 saturated heterocycles. The van der Waals surface area contributed by atoms with Crippen LogP contribution in [0.4, 0.5) is 0 Å². The lowest BCUT2D eigenvalue weighted by Gasteiger charge is -2.06. The molecule has 4 atom stereocenters. The van der Waals surface area contributed by atoms with Gasteiger partial charge in [-0.05, 0) is 55.1 Å². The largest absolute Gasteiger partial charge is 0.359 e. The zero-order valence-corrected chi connectivity index (χ0v) is 8.65. The maximum absolute atomic E-state index is 12.2. The summed E-state index contributed by atoms with van der Waals surface area (Å²) in [5.41, 5.74) is 0.828. The summed E-state index contributed by atoms with van der Waals surface area (Å²) in [6, 6.07) is 3.83. The van der Waals surface area contributed by atoms with Crippen molar-refractivity contribution in [3.8, 4) is 0 Å². The Labute approximate surface area is 89.1 Å². The molecule has 4 unspecified atom stereocenters. The number of rotatable bonds is 2. The first-order valence-corrected chi connectivity index (χ1v) is 6.04. The van der Waals surface area contributed by atoms with E-state index in [2.05, 4.69) is 4.98 Å². The van der Waals surface area contributed by atoms with E-state index in [1.54, 1.807) is 0 Å². The van der Waals surface area contributed by atoms with Crippen LogP contribution in [0.5, 0.6) is 0 Å². The topological polar surface area (TPSA) is 32.9 Å². The van der Waals surface area contributed by atoms with E-state index in [4.69, 9.17) is 0 Å². The predicted molar refractivity (Wildman–Crippen MR) is 56.4 cm³/mol. The van der Waals surface area contributed by atoms with Crippen LogP contribution in [0, 0.1) is 29.6 Å². The first kappa shape index (κ1) is 8.14. The Hall–Kier alpha value is -1.05. The summed E-state index contributed by atoms with van der Waals surface area (Å²) in [4.78, 5) is 15.2. The van der Waals surface area contributed by atoms with Gasteiger partial charge in [-0.1, -0.05) is 0 Å². The van der Waals surface area contributed by atoms with E-state index >= 15 is 0 Å². The van der Waals surface area contributed by atoms with E-state index in [1.165, 1.54) is 19.3 Å². The average Bonchev–Trinajstić information content (AvgIpc) is 2.70. The third-order valence-electron chi connectivity index (χ3n) is 4.90. The minimum absolute atomic E-state index is 0.381. The van der Waals surface area contributed by atoms with E-state index in [9.17, 15) is 4.79 Å². The van der Waals surface area contributed by atoms with Crippen LogP contribution < -0.4 is 0 Å². The van der Waals surface area contributed by atoms with Gasteiger partial charge in [0, 0.05) is 12.1 Å². The number of fused-ring (bicyclic) bond motifs is 5. The lowest BCUT2D eigenvalue weighted by Crippen LogP contribution is -2.10. The van der Waals surface area contributed by atoms with Gasteiger partial charge in [0.05, 0.1) is 5.69 Å². The van der Waals surface area contributed by atoms with Gasteiger partial charge < -0.3 is 4.98 Å². The van der Waals surface area contributed by atoms with Crippen LogP contribution in [0.1, 0.15) is 29.8 Å². The molecule has 2 heteroatoms. The van der Waals surface area contributed by atoms with Crippen LogP contribution >= 0.6 is 0 Å². The summed E-state index contributed by atoms with van der Waals surface area (Å²) in [5, 5.41) is 0. The van der Waals surface area contributed by atoms with Crippen molar-refractivity contribution in [2.75, 3.05) is 0 Å². The summed E-state index contributed by atoms with van der Waals surface area (Å²) in [6.07, 6.45) is 6.05. The molecule has 4 rings (SSSR count). The van der Waals surface area contributed by atoms with Crippen molar-refractivity contribution in [3.63, 3.8) is 0 Å². The summed E-state index contributed by atoms with van der Waals surface area (Å²) in [6.45, 7) is 0. The molecule has 3 fully saturated rings. The van der Waals surface area contributed by atoms with Gasteiger partial charge in [0.15, 0.2) is 5.78 Å². The number of H-pyrrole nitrogens is 1. The molecular weight excluding hydrogens is 186 g/mol. The maximum atomic E-state index is 12.2. The van der Waals surface area contributed by atoms with Gasteiger partial charge >= 0.3 is 0 Å². The molecule has 1 aromatic heterocycles. The van der Waals surface area contributed by atoms with Gasteiger partial charge in [-0.25, -0.2) is 0 Å². The number of carbonyl (C=O) groups is 1. The van der Waals surface area contributed by atoms with Gasteiger partial charge in [0.25, 0.3) is 0 Å². The molecule has 3 saturated carbocycles. The molecular formula is C13H15NO. The molecule has 0 spiro atoms. The molecule has 2 bridgehead atoms. The maximum Gasteiger partial charge on any atom is 0.182 e. The molecule has 1 heterocycles. The lowest BCUT2D eigenvalue weighted by atomic mass is 9.98. The summed E-state index contributed by atoms with van der Waals surface area (Å²) in [7, 11) is 0. The molecule has 78 valence electrons. The number of hydrogen-bond donors (Lipinski definition) is 1. The number of hydrogen-bond acceptors (Lipinski definition) is 1. The summed E-state index contributed by atoms with van der Waals surface area (Å²) >= 11 is 0. The highest BCUT2D eigenvalue weighted by Crippen LogP contribution is 2.69. The molecule has 0 aliphatic heterocycles. The van der Waals surface area contributed by atoms with Crippen LogP contribution in [0.25, 0.3) is 0 Å². The zero-order chi connectivity index (χ0) is 9.99. The van der Waals surface area contributed by atoms with Crippen molar-refractivity contribution in [2.24, 2.45) is 29.6 Å². The summed E-state index contributed by atoms with van der Waals surface area (Å²) < 4.78 is 0. The highest BCUT2D eigenvalue weighted by atomic mass is 16.1. The van der Waals surface area contributed by atoms with Crippen molar-refractivity contribution in [1.29, 1.82) is 0 Å². The van der Waals surface area contributed by atoms with Crippen molar-refractivity contribution < 1.29 is 4.79 Å². The fourth-order valence-electron chi connectivity index (χ4n) is 4.34. The molecule has 0 radical (unpaired) electrons. The van der Waals surface area contributed by atoms with Crippen LogP contribution in [0.3, 0.4) is 0 Å². The standard InChI is InChI=1S/C13H15NO/c15-13(9-2-1-5-14-9)12-10-7-3-4-8(6-7)11(10)12/h1-2,5,7-8,10-12,14H,3-4,6H2. The molecule has 1 N–H and O–H groups in total. The van der Waals surface area contributed by atoms with E-state index in [0.29, 0.717) is 11.7 Å². The highest BCUT2D eigenvalue weighted by Gasteiger charge is 2.67. The summed E-state index contributed by atoms with van der Waals surface area (Å²) in [5.74, 6) is 4.08. The average molecular weight is 201 g/mol. The van der Waals surface area contributed by atoms with Crippen LogP contribution in [-0.2, 0) is 0 Å². The number of carbonyl (C=O) groups excluding carboxylic acids is 1. The smallest absolute Gasteiger partial charge is 0.182 e. The third-order valence-corrected chi connectivity index (χ3v) is 4.90. The quantitative estimate of drug-likeness (QED) is 0.733. The second-order valence-electron chi connectivity index (χ2n) is 5.46. The van der Waals surface area contributed by atoms with Gasteiger partial charge in [-0.2, -0.15) is 0 Å². The highest BCUT2D eigenvalue weighted by molar-refractivity contribution is 5.98. The van der Waals surface area contributed by atoms with Crippen molar-refractivity contribution in [1.82, 2.24) is 4.98 Å². The van der Waals surface area contributed by atoms with Crippen LogP contribution in [0.2, 0.25) is 0 Å². The normalized spacial score (nSPS) is 45.5. The number of nitrogens with one attached hydrogen (secondary N) is 1. The molecule has 1 aromatic rings. The fourth-order valence-corrected chi connectivity index (χ4v) is 4.34. The number of aromatic amines is 1. The monoisotopic (exact) mass is 201 g/mol. The van der Waals surface area contributed by atoms with Gasteiger partial charge in [0.1, 0.15) is 0 Å². The SMILES string of the molecule is O=C(c1ccc[nH]1)C1C2C3CCC(C3)C12. The number of Topliss-reactive ketones (excluding diaryl/α,β-unsaturated/α-hetero) is 1. The molecule has 3 aliphatic carbocycles. The van der Waals surface area contributed by atoms with Gasteiger partial charge in [-0.15, -0.1) is 0 Å². The Morgan fingerprint density at radius 2 is 2.00 bits per heavy atom. The predicted octanol–water partition coefficient (Wildman–Crippen LogP) is 2.49. The number of aromatic nitrogens is 1. The van der Waals surface area contributed by atoms with Crippen molar-refractivity contribution in [2.45, 2.75) is 19.3 Å². The van der Waals surface area contributed by atoms with Crippen LogP contribution in [0.15, 0.2) is 18.3 Å². The molecule has 0 amide bonds. The van der Waals surface area contributed by atoms with E-state index in [-0.39, 0.29) is 0 Å². The Kier molecular flexibility index (Phi) is 1.38. The fraction of sp³-hybridized carbons (Fsp3) is 0.615. The Bertz CT molecular complexity index is 392. The molecule has 3 aliphatic rings. The van der Waals surface area contributed by atoms with Crippen molar-refractivity contribution >= 4 is 5.78 Å². The van der Waals surface area contributed by atoms with Crippen LogP contribution in [-0.4, -0.2) is 10.8 Å². The third kappa shape index (κ3) is 0.926. The lowest BCUT2D eigenvalue weighted by molar-refractivity contribution is 0.0940. The van der Waals surface area contributed by atoms with Crippen molar-refractivity contribution in [3.05, 3.63) is 24.0 Å². The first-order chi connectivity index (χ1) is 7.36. The van der Waals surface area contributed by atoms with Gasteiger partial charge in [-0.3, -0.25) is 4.79 Å². The molecule has 15 heavy (non-hydrogen) atoms. The Morgan fingerprint density at radius 3 is 2.60 bits per heavy atom.